The van der Waals surface area contributed by atoms with Crippen LogP contribution >= 0.6 is 0 Å². The minimum absolute atomic E-state index is 0.700. The highest BCUT2D eigenvalue weighted by Gasteiger charge is 2.25. The minimum atomic E-state index is 0.700. The summed E-state index contributed by atoms with van der Waals surface area (Å²) in [5.74, 6) is 0.700. The molecule has 0 saturated carbocycles. The predicted molar refractivity (Wildman–Crippen MR) is 261 cm³/mol. The lowest BCUT2D eigenvalue weighted by Crippen LogP contribution is -1.98. The number of benzene rings is 9. The van der Waals surface area contributed by atoms with Crippen molar-refractivity contribution in [2.75, 3.05) is 0 Å². The summed E-state index contributed by atoms with van der Waals surface area (Å²) in [7, 11) is 0. The monoisotopic (exact) mass is 803 g/mol. The quantitative estimate of drug-likeness (QED) is 0.168. The summed E-state index contributed by atoms with van der Waals surface area (Å²) in [4.78, 5) is 10.3. The molecular weight excluding hydrogens is 767 g/mol. The lowest BCUT2D eigenvalue weighted by atomic mass is 10.1. The van der Waals surface area contributed by atoms with E-state index in [0.29, 0.717) is 5.82 Å². The zero-order chi connectivity index (χ0) is 41.4. The summed E-state index contributed by atoms with van der Waals surface area (Å²) >= 11 is 0. The minimum Gasteiger partial charge on any atom is -0.309 e. The first-order valence-corrected chi connectivity index (χ1v) is 21.4. The lowest BCUT2D eigenvalue weighted by Gasteiger charge is -2.12. The van der Waals surface area contributed by atoms with E-state index in [0.717, 1.165) is 56.2 Å². The van der Waals surface area contributed by atoms with Crippen LogP contribution in [0.25, 0.3) is 116 Å². The topological polar surface area (TPSA) is 40.6 Å². The van der Waals surface area contributed by atoms with Crippen LogP contribution in [0, 0.1) is 0 Å². The normalized spacial score (nSPS) is 11.8. The van der Waals surface area contributed by atoms with Gasteiger partial charge in [-0.25, -0.2) is 9.97 Å². The van der Waals surface area contributed by atoms with Crippen molar-refractivity contribution < 1.29 is 0 Å². The molecule has 0 spiro atoms. The first-order chi connectivity index (χ1) is 31.3. The van der Waals surface area contributed by atoms with E-state index in [1.165, 1.54) is 54.4 Å². The molecule has 4 heterocycles. The van der Waals surface area contributed by atoms with E-state index in [1.807, 2.05) is 24.3 Å². The van der Waals surface area contributed by atoms with E-state index < -0.39 is 0 Å². The Bertz CT molecular complexity index is 3820. The zero-order valence-electron chi connectivity index (χ0n) is 34.1. The Balaban J connectivity index is 1.10. The maximum atomic E-state index is 5.20. The van der Waals surface area contributed by atoms with Crippen molar-refractivity contribution in [3.8, 4) is 51.0 Å². The van der Waals surface area contributed by atoms with Gasteiger partial charge in [0.15, 0.2) is 5.82 Å². The predicted octanol–water partition coefficient (Wildman–Crippen LogP) is 14.8. The third kappa shape index (κ3) is 5.43. The summed E-state index contributed by atoms with van der Waals surface area (Å²) in [5.41, 5.74) is 15.2. The molecule has 13 rings (SSSR count). The molecule has 0 fully saturated rings. The third-order valence-corrected chi connectivity index (χ3v) is 12.6. The van der Waals surface area contributed by atoms with Gasteiger partial charge in [-0.05, 0) is 66.7 Å². The van der Waals surface area contributed by atoms with Crippen molar-refractivity contribution in [2.45, 2.75) is 0 Å². The van der Waals surface area contributed by atoms with Crippen molar-refractivity contribution in [3.05, 3.63) is 224 Å². The van der Waals surface area contributed by atoms with Crippen molar-refractivity contribution in [3.63, 3.8) is 0 Å². The van der Waals surface area contributed by atoms with Gasteiger partial charge in [0, 0.05) is 66.1 Å². The molecule has 4 aromatic heterocycles. The first-order valence-electron chi connectivity index (χ1n) is 21.4. The van der Waals surface area contributed by atoms with Gasteiger partial charge in [-0.15, -0.1) is 0 Å². The number of hydrogen-bond donors (Lipinski definition) is 0. The van der Waals surface area contributed by atoms with Crippen LogP contribution in [0.4, 0.5) is 0 Å². The van der Waals surface area contributed by atoms with Gasteiger partial charge in [0.1, 0.15) is 0 Å². The standard InChI is InChI=1S/C58H37N5/c1-5-18-38(19-6-1)48-37-49(60-58(59-48)39-20-7-2-8-21-39)40-22-17-27-43(36-40)62-51-31-16-14-29-47(51)55-53(62)35-33-45-44-32-34-52-54(56(44)63(57(45)55)42-25-11-4-12-26-42)46-28-13-15-30-50(46)61(52)41-23-9-3-10-24-41/h1-37H. The largest absolute Gasteiger partial charge is 0.309 e. The van der Waals surface area contributed by atoms with Crippen LogP contribution in [0.5, 0.6) is 0 Å². The van der Waals surface area contributed by atoms with Gasteiger partial charge in [-0.2, -0.15) is 0 Å². The lowest BCUT2D eigenvalue weighted by molar-refractivity contribution is 1.16. The smallest absolute Gasteiger partial charge is 0.160 e. The zero-order valence-corrected chi connectivity index (χ0v) is 34.1. The molecule has 0 bridgehead atoms. The molecule has 0 aliphatic carbocycles. The summed E-state index contributed by atoms with van der Waals surface area (Å²) in [5, 5.41) is 7.34. The van der Waals surface area contributed by atoms with Gasteiger partial charge in [0.2, 0.25) is 0 Å². The number of para-hydroxylation sites is 4. The van der Waals surface area contributed by atoms with Gasteiger partial charge in [-0.1, -0.05) is 158 Å². The Kier molecular flexibility index (Phi) is 7.84. The fourth-order valence-electron chi connectivity index (χ4n) is 9.94. The maximum absolute atomic E-state index is 5.20. The second-order valence-electron chi connectivity index (χ2n) is 16.2. The SMILES string of the molecule is c1ccc(-c2cc(-c3cccc(-n4c5ccccc5c5c4ccc4c6ccc7c(c8ccccc8n7-c7ccccc7)c6n(-c6ccccc6)c45)c3)nc(-c3ccccc3)n2)cc1. The van der Waals surface area contributed by atoms with Crippen LogP contribution in [0.15, 0.2) is 224 Å². The Morgan fingerprint density at radius 1 is 0.270 bits per heavy atom. The molecule has 0 unspecified atom stereocenters. The Morgan fingerprint density at radius 2 is 0.698 bits per heavy atom. The molecule has 0 saturated heterocycles. The van der Waals surface area contributed by atoms with E-state index in [1.54, 1.807) is 0 Å². The highest BCUT2D eigenvalue weighted by atomic mass is 15.0. The summed E-state index contributed by atoms with van der Waals surface area (Å²) < 4.78 is 7.37. The van der Waals surface area contributed by atoms with Gasteiger partial charge < -0.3 is 13.7 Å². The third-order valence-electron chi connectivity index (χ3n) is 12.6. The Hall–Kier alpha value is -8.54. The highest BCUT2D eigenvalue weighted by molar-refractivity contribution is 6.31. The Labute approximate surface area is 363 Å². The van der Waals surface area contributed by atoms with Crippen molar-refractivity contribution >= 4 is 65.4 Å². The second kappa shape index (κ2) is 14.0. The summed E-state index contributed by atoms with van der Waals surface area (Å²) in [6.07, 6.45) is 0. The molecule has 294 valence electrons. The molecule has 5 nitrogen and oxygen atoms in total. The van der Waals surface area contributed by atoms with Gasteiger partial charge in [-0.3, -0.25) is 0 Å². The van der Waals surface area contributed by atoms with Crippen LogP contribution in [-0.2, 0) is 0 Å². The highest BCUT2D eigenvalue weighted by Crippen LogP contribution is 2.46. The number of hydrogen-bond acceptors (Lipinski definition) is 2. The summed E-state index contributed by atoms with van der Waals surface area (Å²) in [6.45, 7) is 0. The molecule has 5 heteroatoms. The van der Waals surface area contributed by atoms with Crippen LogP contribution < -0.4 is 0 Å². The average molecular weight is 804 g/mol. The molecule has 0 atom stereocenters. The fourth-order valence-corrected chi connectivity index (χ4v) is 9.94. The van der Waals surface area contributed by atoms with Crippen LogP contribution in [0.1, 0.15) is 0 Å². The molecule has 0 amide bonds. The molecule has 13 aromatic rings. The average Bonchev–Trinajstić information content (AvgIpc) is 4.01. The van der Waals surface area contributed by atoms with Crippen molar-refractivity contribution in [2.24, 2.45) is 0 Å². The number of nitrogens with zero attached hydrogens (tertiary/aromatic N) is 5. The fraction of sp³-hybridized carbons (Fsp3) is 0. The molecule has 0 N–H and O–H groups in total. The van der Waals surface area contributed by atoms with E-state index in [-0.39, 0.29) is 0 Å². The maximum Gasteiger partial charge on any atom is 0.160 e. The number of rotatable bonds is 6. The molecular formula is C58H37N5. The van der Waals surface area contributed by atoms with Gasteiger partial charge in [0.05, 0.1) is 44.5 Å². The van der Waals surface area contributed by atoms with Crippen LogP contribution in [0.2, 0.25) is 0 Å². The van der Waals surface area contributed by atoms with E-state index >= 15 is 0 Å². The van der Waals surface area contributed by atoms with Gasteiger partial charge >= 0.3 is 0 Å². The molecule has 0 radical (unpaired) electrons. The molecule has 63 heavy (non-hydrogen) atoms. The first kappa shape index (κ1) is 35.2. The molecule has 9 aromatic carbocycles. The second-order valence-corrected chi connectivity index (χ2v) is 16.2. The Morgan fingerprint density at radius 3 is 1.27 bits per heavy atom. The van der Waals surface area contributed by atoms with E-state index in [2.05, 4.69) is 214 Å². The van der Waals surface area contributed by atoms with Crippen LogP contribution in [0.3, 0.4) is 0 Å². The molecule has 0 aliphatic heterocycles. The van der Waals surface area contributed by atoms with Crippen molar-refractivity contribution in [1.29, 1.82) is 0 Å². The van der Waals surface area contributed by atoms with Crippen LogP contribution in [-0.4, -0.2) is 23.7 Å². The molecule has 0 aliphatic rings. The van der Waals surface area contributed by atoms with Gasteiger partial charge in [0.25, 0.3) is 0 Å². The summed E-state index contributed by atoms with van der Waals surface area (Å²) in [6, 6.07) is 80.1. The van der Waals surface area contributed by atoms with E-state index in [4.69, 9.17) is 9.97 Å². The number of fused-ring (bicyclic) bond motifs is 11. The number of aromatic nitrogens is 5. The van der Waals surface area contributed by atoms with E-state index in [9.17, 15) is 0 Å². The van der Waals surface area contributed by atoms with Crippen molar-refractivity contribution in [1.82, 2.24) is 23.7 Å².